The quantitative estimate of drug-likeness (QED) is 0.537. The summed E-state index contributed by atoms with van der Waals surface area (Å²) in [5.41, 5.74) is 0. The van der Waals surface area contributed by atoms with Crippen LogP contribution in [0.2, 0.25) is 0 Å². The maximum absolute atomic E-state index is 11.5. The van der Waals surface area contributed by atoms with E-state index < -0.39 is 30.4 Å². The monoisotopic (exact) mass is 286 g/mol. The van der Waals surface area contributed by atoms with Gasteiger partial charge in [-0.2, -0.15) is 4.98 Å². The molecular weight excluding hydrogens is 272 g/mol. The van der Waals surface area contributed by atoms with Crippen LogP contribution in [0.5, 0.6) is 0 Å². The normalized spacial score (nSPS) is 11.4. The third-order valence-electron chi connectivity index (χ3n) is 2.23. The molecule has 0 aromatic carbocycles. The minimum absolute atomic E-state index is 0.179. The number of carbonyl (C=O) groups excluding carboxylic acids is 2. The minimum atomic E-state index is -1.36. The molecule has 0 saturated heterocycles. The van der Waals surface area contributed by atoms with Crippen molar-refractivity contribution in [3.8, 4) is 0 Å². The number of carbonyl (C=O) groups is 3. The van der Waals surface area contributed by atoms with Gasteiger partial charge >= 0.3 is 18.0 Å². The lowest BCUT2D eigenvalue weighted by Gasteiger charge is -2.13. The number of ether oxygens (including phenoxy) is 1. The number of methoxy groups -OCH3 is 1. The van der Waals surface area contributed by atoms with Crippen molar-refractivity contribution >= 4 is 18.0 Å². The highest BCUT2D eigenvalue weighted by Gasteiger charge is 2.23. The molecule has 1 aromatic heterocycles. The van der Waals surface area contributed by atoms with Gasteiger partial charge in [0.05, 0.1) is 13.5 Å². The second kappa shape index (κ2) is 7.71. The fraction of sp³-hybridized carbons (Fsp3) is 0.500. The molecule has 1 atom stereocenters. The number of carboxylic acids is 1. The van der Waals surface area contributed by atoms with E-state index in [9.17, 15) is 14.4 Å². The molecule has 0 aliphatic carbocycles. The van der Waals surface area contributed by atoms with Crippen LogP contribution in [0.4, 0.5) is 4.79 Å². The standard InChI is InChI=1S/C10H14N4O6/c1-19-8(15)4-6(9(16)17)14-10(18)11-3-2-7-12-5-13-20-7/h5-6H,2-4H2,1H3,(H,16,17)(H2,11,14,18)/t6-/m0/s1. The summed E-state index contributed by atoms with van der Waals surface area (Å²) in [5.74, 6) is -1.72. The Hall–Kier alpha value is -2.65. The lowest BCUT2D eigenvalue weighted by atomic mass is 10.2. The number of nitrogens with one attached hydrogen (secondary N) is 2. The first kappa shape index (κ1) is 15.4. The second-order valence-corrected chi connectivity index (χ2v) is 3.66. The number of aromatic nitrogens is 2. The molecule has 0 unspecified atom stereocenters. The summed E-state index contributed by atoms with van der Waals surface area (Å²) in [7, 11) is 1.13. The maximum atomic E-state index is 11.5. The van der Waals surface area contributed by atoms with E-state index in [-0.39, 0.29) is 6.54 Å². The van der Waals surface area contributed by atoms with Crippen molar-refractivity contribution in [1.82, 2.24) is 20.8 Å². The first-order chi connectivity index (χ1) is 9.52. The molecule has 0 radical (unpaired) electrons. The Bertz CT molecular complexity index is 460. The lowest BCUT2D eigenvalue weighted by Crippen LogP contribution is -2.47. The summed E-state index contributed by atoms with van der Waals surface area (Å²) < 4.78 is 9.05. The largest absolute Gasteiger partial charge is 0.480 e. The van der Waals surface area contributed by atoms with Crippen molar-refractivity contribution in [1.29, 1.82) is 0 Å². The molecule has 2 amide bonds. The third kappa shape index (κ3) is 5.33. The first-order valence-corrected chi connectivity index (χ1v) is 5.62. The predicted molar refractivity (Wildman–Crippen MR) is 62.6 cm³/mol. The van der Waals surface area contributed by atoms with Gasteiger partial charge in [-0.1, -0.05) is 5.16 Å². The van der Waals surface area contributed by atoms with Crippen LogP contribution in [0, 0.1) is 0 Å². The number of carboxylic acid groups (broad SMARTS) is 1. The van der Waals surface area contributed by atoms with Crippen LogP contribution in [0.3, 0.4) is 0 Å². The van der Waals surface area contributed by atoms with Crippen LogP contribution in [0.25, 0.3) is 0 Å². The molecule has 10 nitrogen and oxygen atoms in total. The smallest absolute Gasteiger partial charge is 0.326 e. The number of amides is 2. The molecule has 0 fully saturated rings. The Morgan fingerprint density at radius 2 is 2.25 bits per heavy atom. The Balaban J connectivity index is 2.34. The van der Waals surface area contributed by atoms with Gasteiger partial charge in [-0.25, -0.2) is 9.59 Å². The van der Waals surface area contributed by atoms with Gasteiger partial charge in [0.1, 0.15) is 6.04 Å². The molecule has 1 aromatic rings. The molecule has 0 aliphatic heterocycles. The molecule has 0 aliphatic rings. The second-order valence-electron chi connectivity index (χ2n) is 3.66. The topological polar surface area (TPSA) is 144 Å². The SMILES string of the molecule is COC(=O)C[C@H](NC(=O)NCCc1ncno1)C(=O)O. The summed E-state index contributed by atoms with van der Waals surface area (Å²) in [6, 6.07) is -2.08. The number of hydrogen-bond acceptors (Lipinski definition) is 7. The van der Waals surface area contributed by atoms with E-state index in [4.69, 9.17) is 9.63 Å². The van der Waals surface area contributed by atoms with Gasteiger partial charge in [-0.15, -0.1) is 0 Å². The Morgan fingerprint density at radius 3 is 2.80 bits per heavy atom. The highest BCUT2D eigenvalue weighted by atomic mass is 16.5. The summed E-state index contributed by atoms with van der Waals surface area (Å²) in [5, 5.41) is 16.8. The van der Waals surface area contributed by atoms with E-state index in [0.717, 1.165) is 7.11 Å². The van der Waals surface area contributed by atoms with Gasteiger partial charge in [-0.05, 0) is 0 Å². The molecule has 20 heavy (non-hydrogen) atoms. The summed E-state index contributed by atoms with van der Waals surface area (Å²) in [6.45, 7) is 0.179. The summed E-state index contributed by atoms with van der Waals surface area (Å²) in [6.07, 6.45) is 1.08. The zero-order valence-electron chi connectivity index (χ0n) is 10.7. The fourth-order valence-corrected chi connectivity index (χ4v) is 1.25. The van der Waals surface area contributed by atoms with E-state index in [2.05, 4.69) is 25.5 Å². The number of hydrogen-bond donors (Lipinski definition) is 3. The minimum Gasteiger partial charge on any atom is -0.480 e. The van der Waals surface area contributed by atoms with E-state index in [1.807, 2.05) is 0 Å². The molecule has 0 bridgehead atoms. The van der Waals surface area contributed by atoms with Crippen molar-refractivity contribution in [2.75, 3.05) is 13.7 Å². The molecule has 1 heterocycles. The van der Waals surface area contributed by atoms with Crippen molar-refractivity contribution in [2.24, 2.45) is 0 Å². The lowest BCUT2D eigenvalue weighted by molar-refractivity contribution is -0.147. The van der Waals surface area contributed by atoms with E-state index in [1.165, 1.54) is 6.33 Å². The Morgan fingerprint density at radius 1 is 1.50 bits per heavy atom. The van der Waals surface area contributed by atoms with Gasteiger partial charge in [0.15, 0.2) is 6.33 Å². The molecule has 3 N–H and O–H groups in total. The van der Waals surface area contributed by atoms with E-state index in [0.29, 0.717) is 12.3 Å². The average Bonchev–Trinajstić information content (AvgIpc) is 2.90. The molecule has 1 rings (SSSR count). The van der Waals surface area contributed by atoms with Gasteiger partial charge in [0.25, 0.3) is 0 Å². The van der Waals surface area contributed by atoms with E-state index in [1.54, 1.807) is 0 Å². The Labute approximate surface area is 113 Å². The van der Waals surface area contributed by atoms with Gasteiger partial charge < -0.3 is 25.0 Å². The van der Waals surface area contributed by atoms with Crippen molar-refractivity contribution in [3.63, 3.8) is 0 Å². The zero-order chi connectivity index (χ0) is 15.0. The van der Waals surface area contributed by atoms with Crippen LogP contribution in [-0.2, 0) is 20.7 Å². The number of urea groups is 1. The van der Waals surface area contributed by atoms with Crippen molar-refractivity contribution in [2.45, 2.75) is 18.9 Å². The number of nitrogens with zero attached hydrogens (tertiary/aromatic N) is 2. The zero-order valence-corrected chi connectivity index (χ0v) is 10.7. The molecule has 10 heteroatoms. The highest BCUT2D eigenvalue weighted by molar-refractivity contribution is 5.86. The van der Waals surface area contributed by atoms with Crippen LogP contribution >= 0.6 is 0 Å². The van der Waals surface area contributed by atoms with Crippen LogP contribution in [-0.4, -0.2) is 52.9 Å². The average molecular weight is 286 g/mol. The molecule has 0 spiro atoms. The summed E-state index contributed by atoms with van der Waals surface area (Å²) in [4.78, 5) is 37.1. The number of esters is 1. The van der Waals surface area contributed by atoms with Gasteiger partial charge in [0, 0.05) is 13.0 Å². The molecule has 110 valence electrons. The number of aliphatic carboxylic acids is 1. The predicted octanol–water partition coefficient (Wildman–Crippen LogP) is -1.07. The third-order valence-corrected chi connectivity index (χ3v) is 2.23. The van der Waals surface area contributed by atoms with Crippen molar-refractivity contribution in [3.05, 3.63) is 12.2 Å². The van der Waals surface area contributed by atoms with Gasteiger partial charge in [-0.3, -0.25) is 4.79 Å². The van der Waals surface area contributed by atoms with Crippen LogP contribution < -0.4 is 10.6 Å². The van der Waals surface area contributed by atoms with Crippen LogP contribution in [0.1, 0.15) is 12.3 Å². The number of rotatable bonds is 7. The highest BCUT2D eigenvalue weighted by Crippen LogP contribution is 1.95. The maximum Gasteiger partial charge on any atom is 0.326 e. The first-order valence-electron chi connectivity index (χ1n) is 5.62. The Kier molecular flexibility index (Phi) is 5.94. The summed E-state index contributed by atoms with van der Waals surface area (Å²) >= 11 is 0. The van der Waals surface area contributed by atoms with E-state index >= 15 is 0 Å². The molecular formula is C10H14N4O6. The molecule has 0 saturated carbocycles. The fourth-order valence-electron chi connectivity index (χ4n) is 1.25. The van der Waals surface area contributed by atoms with Crippen molar-refractivity contribution < 1.29 is 28.8 Å². The van der Waals surface area contributed by atoms with Crippen LogP contribution in [0.15, 0.2) is 10.9 Å². The van der Waals surface area contributed by atoms with Gasteiger partial charge in [0.2, 0.25) is 5.89 Å².